The topological polar surface area (TPSA) is 129 Å². The zero-order chi connectivity index (χ0) is 63.4. The molecule has 0 unspecified atom stereocenters. The van der Waals surface area contributed by atoms with E-state index in [1.165, 1.54) is 43.6 Å². The Kier molecular flexibility index (Phi) is 11.9. The van der Waals surface area contributed by atoms with Crippen LogP contribution in [0.5, 0.6) is 0 Å². The van der Waals surface area contributed by atoms with Crippen LogP contribution >= 0.6 is 15.9 Å². The molecule has 0 aliphatic heterocycles. The third-order valence-electron chi connectivity index (χ3n) is 19.2. The molecule has 0 bridgehead atoms. The molecule has 14 aromatic carbocycles. The van der Waals surface area contributed by atoms with Crippen molar-refractivity contribution in [2.75, 3.05) is 0 Å². The Morgan fingerprint density at radius 1 is 0.250 bits per heavy atom. The highest BCUT2D eigenvalue weighted by Gasteiger charge is 2.24. The largest absolute Gasteiger partial charge is 0.492 e. The minimum Gasteiger partial charge on any atom is -0.456 e. The Morgan fingerprint density at radius 2 is 0.562 bits per heavy atom. The molecule has 454 valence electrons. The van der Waals surface area contributed by atoms with Crippen LogP contribution in [0.3, 0.4) is 0 Å². The fourth-order valence-corrected chi connectivity index (χ4v) is 15.4. The summed E-state index contributed by atoms with van der Waals surface area (Å²) in [7, 11) is -1.51. The molecular formula is C84H50BBrN2O8. The van der Waals surface area contributed by atoms with Gasteiger partial charge in [0.25, 0.3) is 0 Å². The van der Waals surface area contributed by atoms with Crippen LogP contribution < -0.4 is 5.46 Å². The highest BCUT2D eigenvalue weighted by molar-refractivity contribution is 9.10. The maximum Gasteiger partial charge on any atom is 0.492 e. The number of hydrogen-bond acceptors (Lipinski definition) is 8. The number of hydrogen-bond donors (Lipinski definition) is 2. The summed E-state index contributed by atoms with van der Waals surface area (Å²) in [4.78, 5) is 0. The molecule has 0 spiro atoms. The summed E-state index contributed by atoms with van der Waals surface area (Å²) >= 11 is 3.62. The second-order valence-electron chi connectivity index (χ2n) is 24.4. The molecule has 10 nitrogen and oxygen atoms in total. The molecule has 0 amide bonds. The van der Waals surface area contributed by atoms with E-state index in [2.05, 4.69) is 237 Å². The molecule has 0 fully saturated rings. The summed E-state index contributed by atoms with van der Waals surface area (Å²) in [6.45, 7) is 0. The van der Waals surface area contributed by atoms with Crippen LogP contribution in [0, 0.1) is 0 Å². The average molecular weight is 1310 g/mol. The van der Waals surface area contributed by atoms with Crippen molar-refractivity contribution in [3.8, 4) is 22.5 Å². The number of furan rings is 6. The lowest BCUT2D eigenvalue weighted by molar-refractivity contribution is 0.425. The standard InChI is InChI=1S/C42H23NO3.C30H16BrNO2.C12H9BO3.H2/c1-4-16-35-25(9-1)26-10-2-5-17-36(26)43(35)24-19-22-38-34(23-24)33-21-20-32-31-15-8-14-30(40(31)46-42(32)41(33)45-38)29-13-7-12-28-27-11-3-6-18-37(27)44-39(28)29;31-24-9-5-8-20-21-13-14-22-23-16-17(12-15-27(23)33-29(22)30(21)34-28(20)24)32-25-10-3-1-6-18(25)19-7-2-4-11-26(19)32;14-13(15)10-6-3-5-9-8-4-1-2-7-11(8)16-12(9)10;/h1-23H;1-16H;1-7,14-15H;1H/i;;;1+1. The van der Waals surface area contributed by atoms with E-state index in [-0.39, 0.29) is 1.43 Å². The molecule has 0 aliphatic rings. The fraction of sp³-hybridized carbons (Fsp3) is 0. The summed E-state index contributed by atoms with van der Waals surface area (Å²) in [5.41, 5.74) is 18.8. The first-order valence-electron chi connectivity index (χ1n) is 31.8. The van der Waals surface area contributed by atoms with E-state index >= 15 is 0 Å². The third-order valence-corrected chi connectivity index (χ3v) is 19.8. The van der Waals surface area contributed by atoms with Crippen molar-refractivity contribution in [1.82, 2.24) is 9.13 Å². The molecule has 0 saturated carbocycles. The van der Waals surface area contributed by atoms with Crippen molar-refractivity contribution < 1.29 is 38.0 Å². The van der Waals surface area contributed by atoms with Gasteiger partial charge in [0.2, 0.25) is 0 Å². The Morgan fingerprint density at radius 3 is 1.04 bits per heavy atom. The van der Waals surface area contributed by atoms with Crippen LogP contribution in [-0.4, -0.2) is 26.3 Å². The summed E-state index contributed by atoms with van der Waals surface area (Å²) in [5, 5.41) is 36.0. The molecule has 12 heteroatoms. The van der Waals surface area contributed by atoms with Gasteiger partial charge in [-0.3, -0.25) is 0 Å². The zero-order valence-electron chi connectivity index (χ0n) is 50.8. The Bertz CT molecular complexity index is 6890. The normalized spacial score (nSPS) is 12.1. The molecule has 0 radical (unpaired) electrons. The van der Waals surface area contributed by atoms with Gasteiger partial charge >= 0.3 is 7.12 Å². The van der Waals surface area contributed by atoms with Gasteiger partial charge < -0.3 is 45.7 Å². The molecule has 8 heterocycles. The number of halogens is 1. The van der Waals surface area contributed by atoms with Crippen molar-refractivity contribution in [1.29, 1.82) is 0 Å². The summed E-state index contributed by atoms with van der Waals surface area (Å²) in [6.07, 6.45) is 0. The van der Waals surface area contributed by atoms with Crippen LogP contribution in [0.4, 0.5) is 0 Å². The van der Waals surface area contributed by atoms with Crippen molar-refractivity contribution in [3.63, 3.8) is 0 Å². The molecule has 96 heavy (non-hydrogen) atoms. The fourth-order valence-electron chi connectivity index (χ4n) is 14.9. The first-order chi connectivity index (χ1) is 47.4. The number of para-hydroxylation sites is 10. The maximum atomic E-state index is 9.24. The number of benzene rings is 14. The van der Waals surface area contributed by atoms with Gasteiger partial charge in [-0.25, -0.2) is 0 Å². The van der Waals surface area contributed by atoms with Gasteiger partial charge in [0.05, 0.1) is 26.5 Å². The second kappa shape index (κ2) is 21.0. The first-order valence-corrected chi connectivity index (χ1v) is 32.6. The van der Waals surface area contributed by atoms with Crippen molar-refractivity contribution in [3.05, 3.63) is 284 Å². The van der Waals surface area contributed by atoms with E-state index in [4.69, 9.17) is 26.5 Å². The Labute approximate surface area is 553 Å². The van der Waals surface area contributed by atoms with Gasteiger partial charge in [0.15, 0.2) is 22.3 Å². The zero-order valence-corrected chi connectivity index (χ0v) is 52.3. The van der Waals surface area contributed by atoms with Gasteiger partial charge in [-0.15, -0.1) is 0 Å². The molecule has 22 aromatic rings. The highest BCUT2D eigenvalue weighted by atomic mass is 79.9. The maximum absolute atomic E-state index is 9.24. The predicted octanol–water partition coefficient (Wildman–Crippen LogP) is 23.0. The van der Waals surface area contributed by atoms with E-state index in [9.17, 15) is 10.0 Å². The van der Waals surface area contributed by atoms with E-state index in [0.29, 0.717) is 11.0 Å². The molecule has 0 aliphatic carbocycles. The lowest BCUT2D eigenvalue weighted by Crippen LogP contribution is -2.29. The molecule has 22 rings (SSSR count). The molecular weight excluding hydrogens is 1260 g/mol. The average Bonchev–Trinajstić information content (AvgIpc) is 1.59. The molecule has 0 atom stereocenters. The minimum absolute atomic E-state index is 0. The first kappa shape index (κ1) is 54.5. The number of fused-ring (bicyclic) bond motifs is 26. The van der Waals surface area contributed by atoms with Crippen molar-refractivity contribution in [2.45, 2.75) is 0 Å². The van der Waals surface area contributed by atoms with Gasteiger partial charge in [-0.2, -0.15) is 0 Å². The van der Waals surface area contributed by atoms with Crippen LogP contribution in [0.25, 0.3) is 198 Å². The van der Waals surface area contributed by atoms with Crippen LogP contribution in [-0.2, 0) is 0 Å². The quantitative estimate of drug-likeness (QED) is 0.167. The van der Waals surface area contributed by atoms with Crippen LogP contribution in [0.2, 0.25) is 0 Å². The van der Waals surface area contributed by atoms with E-state index in [0.717, 1.165) is 153 Å². The smallest absolute Gasteiger partial charge is 0.456 e. The van der Waals surface area contributed by atoms with Crippen LogP contribution in [0.15, 0.2) is 310 Å². The highest BCUT2D eigenvalue weighted by Crippen LogP contribution is 2.46. The second-order valence-corrected chi connectivity index (χ2v) is 25.3. The van der Waals surface area contributed by atoms with Gasteiger partial charge in [-0.1, -0.05) is 176 Å². The van der Waals surface area contributed by atoms with Gasteiger partial charge in [0, 0.05) is 116 Å². The molecule has 2 N–H and O–H groups in total. The van der Waals surface area contributed by atoms with Crippen molar-refractivity contribution in [2.24, 2.45) is 0 Å². The lowest BCUT2D eigenvalue weighted by Gasteiger charge is -2.07. The minimum atomic E-state index is -1.51. The predicted molar refractivity (Wildman–Crippen MR) is 397 cm³/mol. The van der Waals surface area contributed by atoms with Gasteiger partial charge in [0.1, 0.15) is 44.7 Å². The van der Waals surface area contributed by atoms with Gasteiger partial charge in [-0.05, 0) is 119 Å². The number of rotatable bonds is 4. The number of nitrogens with zero attached hydrogens (tertiary/aromatic N) is 2. The van der Waals surface area contributed by atoms with E-state index in [1.54, 1.807) is 12.1 Å². The molecule has 0 saturated heterocycles. The number of aromatic nitrogens is 2. The molecule has 8 aromatic heterocycles. The third kappa shape index (κ3) is 8.07. The Balaban J connectivity index is 0.000000113. The summed E-state index contributed by atoms with van der Waals surface area (Å²) in [5.74, 6) is 0. The van der Waals surface area contributed by atoms with Crippen molar-refractivity contribution >= 4 is 204 Å². The van der Waals surface area contributed by atoms with E-state index < -0.39 is 7.12 Å². The lowest BCUT2D eigenvalue weighted by atomic mass is 9.79. The van der Waals surface area contributed by atoms with Crippen LogP contribution in [0.1, 0.15) is 1.43 Å². The Hall–Kier alpha value is -12.1. The van der Waals surface area contributed by atoms with E-state index in [1.807, 2.05) is 54.6 Å². The SMILES string of the molecule is Brc1cccc2c1oc1c2ccc2c3cc(-n4c5ccccc5c5ccccc54)ccc3oc21.OB(O)c1cccc2c1oc1ccccc12.[2HH].c1ccc2c(c1)oc1c(-c3cccc4c3oc3c4ccc4c5cc(-n6c7ccccc7c7ccccc76)ccc5oc43)cccc12. The summed E-state index contributed by atoms with van der Waals surface area (Å²) < 4.78 is 43.7. The monoisotopic (exact) mass is 1310 g/mol. The summed E-state index contributed by atoms with van der Waals surface area (Å²) in [6, 6.07) is 95.8.